The Balaban J connectivity index is 0.000000878. The molecule has 0 saturated heterocycles. The van der Waals surface area contributed by atoms with Crippen LogP contribution in [0.4, 0.5) is 17.3 Å². The van der Waals surface area contributed by atoms with Gasteiger partial charge in [0, 0.05) is 11.9 Å². The predicted molar refractivity (Wildman–Crippen MR) is 107 cm³/mol. The second-order valence-electron chi connectivity index (χ2n) is 5.75. The van der Waals surface area contributed by atoms with Gasteiger partial charge in [-0.15, -0.1) is 0 Å². The van der Waals surface area contributed by atoms with Crippen molar-refractivity contribution in [3.05, 3.63) is 47.8 Å². The number of nitrogens with zero attached hydrogens (tertiary/aromatic N) is 4. The molecule has 0 radical (unpaired) electrons. The smallest absolute Gasteiger partial charge is 0.335 e. The highest BCUT2D eigenvalue weighted by molar-refractivity contribution is 7.51. The number of hydrogen-bond donors (Lipinski definition) is 3. The molecule has 0 bridgehead atoms. The lowest BCUT2D eigenvalue weighted by atomic mass is 10.0. The van der Waals surface area contributed by atoms with E-state index in [9.17, 15) is 4.79 Å². The molecule has 0 atom stereocenters. The van der Waals surface area contributed by atoms with E-state index in [0.29, 0.717) is 11.4 Å². The summed E-state index contributed by atoms with van der Waals surface area (Å²) in [6.07, 6.45) is 5.33. The summed E-state index contributed by atoms with van der Waals surface area (Å²) in [5.74, 6) is -0.418. The highest BCUT2D eigenvalue weighted by Crippen LogP contribution is 2.32. The molecular formula is C17H19N7O3S. The number of hydrogen-bond acceptors (Lipinski definition) is 9. The molecule has 1 aliphatic rings. The Morgan fingerprint density at radius 1 is 1.21 bits per heavy atom. The van der Waals surface area contributed by atoms with E-state index in [4.69, 9.17) is 25.6 Å². The molecular weight excluding hydrogens is 382 g/mol. The van der Waals surface area contributed by atoms with Crippen LogP contribution in [0.5, 0.6) is 0 Å². The fourth-order valence-electron chi connectivity index (χ4n) is 2.54. The topological polar surface area (TPSA) is 171 Å². The number of aryl methyl sites for hydroxylation is 1. The number of amides is 1. The van der Waals surface area contributed by atoms with E-state index in [1.165, 1.54) is 0 Å². The first kappa shape index (κ1) is 20.7. The zero-order chi connectivity index (χ0) is 20.7. The molecule has 1 aromatic carbocycles. The van der Waals surface area contributed by atoms with E-state index in [1.807, 2.05) is 18.2 Å². The molecule has 28 heavy (non-hydrogen) atoms. The quantitative estimate of drug-likeness (QED) is 0.380. The number of nitrogen functional groups attached to an aromatic ring is 2. The van der Waals surface area contributed by atoms with Gasteiger partial charge in [-0.3, -0.25) is 4.79 Å². The van der Waals surface area contributed by atoms with Gasteiger partial charge in [0.15, 0.2) is 0 Å². The van der Waals surface area contributed by atoms with Crippen molar-refractivity contribution in [3.63, 3.8) is 0 Å². The Bertz CT molecular complexity index is 967. The number of carbonyl (C=O) groups excluding carboxylic acids is 1. The lowest BCUT2D eigenvalue weighted by Crippen LogP contribution is -2.26. The maximum absolute atomic E-state index is 11.5. The average molecular weight is 401 g/mol. The standard InChI is InChI=1S/C17H19N7O.O2S/c1-10(16(19)25)23-24(13-7-5-12(18)6-8-13)14-4-2-3-11-9-21-17(20)22-15(11)14;1-3-2/h4-9H,2-3,18H2,1H3,(H2,19,25)(H2,20,21,22);/b23-10+;. The molecule has 2 aromatic rings. The van der Waals surface area contributed by atoms with Crippen molar-refractivity contribution in [2.24, 2.45) is 10.8 Å². The van der Waals surface area contributed by atoms with E-state index < -0.39 is 17.5 Å². The van der Waals surface area contributed by atoms with Crippen LogP contribution in [-0.2, 0) is 22.8 Å². The summed E-state index contributed by atoms with van der Waals surface area (Å²) in [5.41, 5.74) is 20.8. The summed E-state index contributed by atoms with van der Waals surface area (Å²) in [6.45, 7) is 1.56. The normalized spacial score (nSPS) is 12.8. The number of rotatable bonds is 4. The first-order valence-corrected chi connectivity index (χ1v) is 8.78. The molecule has 0 fully saturated rings. The molecule has 0 aliphatic heterocycles. The Morgan fingerprint density at radius 3 is 2.46 bits per heavy atom. The molecule has 0 spiro atoms. The van der Waals surface area contributed by atoms with Crippen LogP contribution in [-0.4, -0.2) is 30.0 Å². The third kappa shape index (κ3) is 4.98. The fraction of sp³-hybridized carbons (Fsp3) is 0.176. The van der Waals surface area contributed by atoms with Crippen LogP contribution in [0.1, 0.15) is 24.6 Å². The van der Waals surface area contributed by atoms with Crippen LogP contribution in [0.15, 0.2) is 41.6 Å². The van der Waals surface area contributed by atoms with Crippen molar-refractivity contribution in [1.82, 2.24) is 9.97 Å². The number of fused-ring (bicyclic) bond motifs is 1. The van der Waals surface area contributed by atoms with Crippen LogP contribution in [0.25, 0.3) is 5.70 Å². The first-order chi connectivity index (χ1) is 13.4. The third-order valence-corrected chi connectivity index (χ3v) is 3.85. The van der Waals surface area contributed by atoms with Crippen molar-refractivity contribution in [3.8, 4) is 0 Å². The van der Waals surface area contributed by atoms with Crippen molar-refractivity contribution in [2.45, 2.75) is 19.8 Å². The number of hydrazone groups is 1. The van der Waals surface area contributed by atoms with Crippen molar-refractivity contribution >= 4 is 46.2 Å². The Kier molecular flexibility index (Phi) is 6.93. The molecule has 10 nitrogen and oxygen atoms in total. The number of anilines is 3. The largest absolute Gasteiger partial charge is 0.399 e. The second kappa shape index (κ2) is 9.37. The molecule has 6 N–H and O–H groups in total. The minimum Gasteiger partial charge on any atom is -0.399 e. The number of aromatic nitrogens is 2. The van der Waals surface area contributed by atoms with Gasteiger partial charge in [-0.25, -0.2) is 15.0 Å². The van der Waals surface area contributed by atoms with Gasteiger partial charge in [-0.2, -0.15) is 13.5 Å². The van der Waals surface area contributed by atoms with Gasteiger partial charge in [0.1, 0.15) is 5.71 Å². The molecule has 0 unspecified atom stereocenters. The zero-order valence-corrected chi connectivity index (χ0v) is 15.8. The zero-order valence-electron chi connectivity index (χ0n) is 15.0. The van der Waals surface area contributed by atoms with Crippen molar-refractivity contribution in [1.29, 1.82) is 0 Å². The van der Waals surface area contributed by atoms with Crippen molar-refractivity contribution in [2.75, 3.05) is 16.5 Å². The molecule has 3 rings (SSSR count). The van der Waals surface area contributed by atoms with Crippen LogP contribution in [0.2, 0.25) is 0 Å². The van der Waals surface area contributed by atoms with Gasteiger partial charge < -0.3 is 17.2 Å². The number of allylic oxidation sites excluding steroid dienone is 1. The van der Waals surface area contributed by atoms with E-state index >= 15 is 0 Å². The van der Waals surface area contributed by atoms with Gasteiger partial charge in [-0.1, -0.05) is 6.08 Å². The summed E-state index contributed by atoms with van der Waals surface area (Å²) in [7, 11) is 0. The second-order valence-corrected chi connectivity index (χ2v) is 5.89. The maximum atomic E-state index is 11.5. The lowest BCUT2D eigenvalue weighted by molar-refractivity contribution is -0.112. The van der Waals surface area contributed by atoms with E-state index in [0.717, 1.165) is 29.8 Å². The van der Waals surface area contributed by atoms with Crippen LogP contribution >= 0.6 is 0 Å². The highest BCUT2D eigenvalue weighted by Gasteiger charge is 2.22. The number of nitrogens with two attached hydrogens (primary N) is 3. The summed E-state index contributed by atoms with van der Waals surface area (Å²) in [5, 5.41) is 6.02. The molecule has 1 heterocycles. The third-order valence-electron chi connectivity index (χ3n) is 3.85. The molecule has 1 amide bonds. The van der Waals surface area contributed by atoms with Crippen LogP contribution < -0.4 is 22.2 Å². The van der Waals surface area contributed by atoms with Gasteiger partial charge >= 0.3 is 11.6 Å². The predicted octanol–water partition coefficient (Wildman–Crippen LogP) is 0.626. The number of carbonyl (C=O) groups is 1. The first-order valence-electron chi connectivity index (χ1n) is 8.11. The molecule has 1 aliphatic carbocycles. The summed E-state index contributed by atoms with van der Waals surface area (Å²) < 4.78 is 16.6. The van der Waals surface area contributed by atoms with E-state index in [-0.39, 0.29) is 11.7 Å². The summed E-state index contributed by atoms with van der Waals surface area (Å²) in [4.78, 5) is 19.9. The van der Waals surface area contributed by atoms with E-state index in [2.05, 4.69) is 15.1 Å². The molecule has 0 saturated carbocycles. The van der Waals surface area contributed by atoms with Crippen LogP contribution in [0, 0.1) is 0 Å². The Hall–Kier alpha value is -3.60. The van der Waals surface area contributed by atoms with E-state index in [1.54, 1.807) is 30.3 Å². The highest BCUT2D eigenvalue weighted by atomic mass is 32.1. The average Bonchev–Trinajstić information content (AvgIpc) is 2.67. The van der Waals surface area contributed by atoms with Gasteiger partial charge in [0.05, 0.1) is 17.1 Å². The monoisotopic (exact) mass is 401 g/mol. The van der Waals surface area contributed by atoms with Crippen LogP contribution in [0.3, 0.4) is 0 Å². The maximum Gasteiger partial charge on any atom is 0.335 e. The summed E-state index contributed by atoms with van der Waals surface area (Å²) >= 11 is -0.750. The van der Waals surface area contributed by atoms with Gasteiger partial charge in [0.2, 0.25) is 5.95 Å². The number of benzene rings is 1. The number of primary amides is 1. The minimum absolute atomic E-state index is 0.173. The molecule has 146 valence electrons. The Labute approximate surface area is 164 Å². The molecule has 11 heteroatoms. The molecule has 1 aromatic heterocycles. The fourth-order valence-corrected chi connectivity index (χ4v) is 2.54. The Morgan fingerprint density at radius 2 is 1.86 bits per heavy atom. The summed E-state index contributed by atoms with van der Waals surface area (Å²) in [6, 6.07) is 7.14. The lowest BCUT2D eigenvalue weighted by Gasteiger charge is -2.26. The van der Waals surface area contributed by atoms with Gasteiger partial charge in [0.25, 0.3) is 5.91 Å². The van der Waals surface area contributed by atoms with Gasteiger partial charge in [-0.05, 0) is 49.6 Å². The van der Waals surface area contributed by atoms with Crippen molar-refractivity contribution < 1.29 is 13.2 Å². The minimum atomic E-state index is -0.750. The SMILES string of the molecule is C/C(=N\N(C1=CCCc2cnc(N)nc21)c1ccc(N)cc1)C(N)=O.O=S=O.